The van der Waals surface area contributed by atoms with E-state index in [4.69, 9.17) is 14.2 Å². The van der Waals surface area contributed by atoms with Crippen LogP contribution < -0.4 is 17.1 Å². The van der Waals surface area contributed by atoms with Crippen LogP contribution in [0.3, 0.4) is 0 Å². The van der Waals surface area contributed by atoms with Crippen LogP contribution in [0.1, 0.15) is 0 Å². The van der Waals surface area contributed by atoms with Crippen LogP contribution in [0.5, 0.6) is 0 Å². The zero-order chi connectivity index (χ0) is 17.9. The topological polar surface area (TPSA) is 93.7 Å². The summed E-state index contributed by atoms with van der Waals surface area (Å²) in [5.74, 6) is 0. The lowest BCUT2D eigenvalue weighted by atomic mass is 10.5. The molecule has 9 heteroatoms. The van der Waals surface area contributed by atoms with Crippen LogP contribution in [0.2, 0.25) is 0 Å². The highest BCUT2D eigenvalue weighted by Crippen LogP contribution is 1.84. The van der Waals surface area contributed by atoms with Gasteiger partial charge in [0.1, 0.15) is 19.8 Å². The van der Waals surface area contributed by atoms with E-state index in [0.717, 1.165) is 13.7 Å². The first-order valence-corrected chi connectivity index (χ1v) is 7.20. The summed E-state index contributed by atoms with van der Waals surface area (Å²) >= 11 is 0. The summed E-state index contributed by atoms with van der Waals surface area (Å²) in [5.41, 5.74) is -2.19. The highest BCUT2D eigenvalue weighted by molar-refractivity contribution is 4.79. The number of hydrogen-bond donors (Lipinski definition) is 0. The van der Waals surface area contributed by atoms with Gasteiger partial charge in [-0.25, -0.2) is 28.1 Å². The van der Waals surface area contributed by atoms with E-state index >= 15 is 0 Å². The van der Waals surface area contributed by atoms with Gasteiger partial charge in [0.15, 0.2) is 0 Å². The van der Waals surface area contributed by atoms with Crippen LogP contribution in [0.15, 0.2) is 52.9 Å². The Morgan fingerprint density at radius 1 is 0.625 bits per heavy atom. The van der Waals surface area contributed by atoms with Crippen molar-refractivity contribution >= 4 is 0 Å². The van der Waals surface area contributed by atoms with Crippen molar-refractivity contribution in [2.75, 3.05) is 19.8 Å². The molecule has 132 valence electrons. The molecule has 0 unspecified atom stereocenters. The lowest BCUT2D eigenvalue weighted by Gasteiger charge is -2.13. The predicted molar refractivity (Wildman–Crippen MR) is 87.7 cm³/mol. The minimum atomic E-state index is -0.730. The minimum absolute atomic E-state index is 0.0192. The van der Waals surface area contributed by atoms with E-state index in [9.17, 15) is 14.4 Å². The molecule has 0 radical (unpaired) electrons. The summed E-state index contributed by atoms with van der Waals surface area (Å²) in [7, 11) is 0. The Labute approximate surface area is 138 Å². The Morgan fingerprint density at radius 2 is 0.875 bits per heavy atom. The van der Waals surface area contributed by atoms with Crippen LogP contribution in [-0.4, -0.2) is 33.5 Å². The van der Waals surface area contributed by atoms with Gasteiger partial charge in [0, 0.05) is 0 Å². The Morgan fingerprint density at radius 3 is 1.08 bits per heavy atom. The molecule has 0 spiro atoms. The molecule has 24 heavy (non-hydrogen) atoms. The van der Waals surface area contributed by atoms with Gasteiger partial charge in [0.05, 0.1) is 38.4 Å². The van der Waals surface area contributed by atoms with E-state index in [-0.39, 0.29) is 39.5 Å². The van der Waals surface area contributed by atoms with Gasteiger partial charge in [-0.2, -0.15) is 0 Å². The van der Waals surface area contributed by atoms with Gasteiger partial charge < -0.3 is 14.2 Å². The summed E-state index contributed by atoms with van der Waals surface area (Å²) in [5, 5.41) is 0. The van der Waals surface area contributed by atoms with Crippen molar-refractivity contribution in [2.24, 2.45) is 0 Å². The summed E-state index contributed by atoms with van der Waals surface area (Å²) in [6.07, 6.45) is 3.61. The second kappa shape index (κ2) is 9.93. The maximum absolute atomic E-state index is 12.4. The van der Waals surface area contributed by atoms with E-state index in [2.05, 4.69) is 19.7 Å². The third-order valence-electron chi connectivity index (χ3n) is 3.04. The standard InChI is InChI=1S/C15H21N3O6/c1-4-22-10-7-16-13(19)17(8-11-23-5-2)15(21)18(14(16)20)9-12-24-6-3/h4-6H,1-3,7-12H2. The Hall–Kier alpha value is -2.97. The first-order valence-electron chi connectivity index (χ1n) is 7.20. The lowest BCUT2D eigenvalue weighted by Crippen LogP contribution is -2.55. The van der Waals surface area contributed by atoms with Crippen molar-refractivity contribution in [3.63, 3.8) is 0 Å². The maximum atomic E-state index is 12.4. The second-order valence-corrected chi connectivity index (χ2v) is 4.42. The molecule has 0 aliphatic carbocycles. The SMILES string of the molecule is C=COCCn1c(=O)n(CCOC=C)c(=O)n(CCOC=C)c1=O. The number of ether oxygens (including phenoxy) is 3. The molecule has 0 saturated carbocycles. The molecule has 0 saturated heterocycles. The molecule has 0 fully saturated rings. The van der Waals surface area contributed by atoms with Crippen LogP contribution >= 0.6 is 0 Å². The molecule has 0 atom stereocenters. The lowest BCUT2D eigenvalue weighted by molar-refractivity contribution is 0.208. The zero-order valence-electron chi connectivity index (χ0n) is 13.4. The number of aromatic nitrogens is 3. The van der Waals surface area contributed by atoms with E-state index in [1.807, 2.05) is 0 Å². The van der Waals surface area contributed by atoms with E-state index < -0.39 is 17.1 Å². The van der Waals surface area contributed by atoms with Gasteiger partial charge in [-0.15, -0.1) is 0 Å². The summed E-state index contributed by atoms with van der Waals surface area (Å²) in [6, 6.07) is 0. The molecular formula is C15H21N3O6. The maximum Gasteiger partial charge on any atom is 0.336 e. The van der Waals surface area contributed by atoms with Crippen molar-refractivity contribution in [3.05, 3.63) is 70.0 Å². The van der Waals surface area contributed by atoms with Crippen molar-refractivity contribution in [1.29, 1.82) is 0 Å². The van der Waals surface area contributed by atoms with Gasteiger partial charge >= 0.3 is 17.1 Å². The molecule has 0 amide bonds. The third-order valence-corrected chi connectivity index (χ3v) is 3.04. The van der Waals surface area contributed by atoms with Crippen molar-refractivity contribution in [1.82, 2.24) is 13.7 Å². The molecule has 0 bridgehead atoms. The molecule has 1 rings (SSSR count). The average Bonchev–Trinajstić information content (AvgIpc) is 2.57. The van der Waals surface area contributed by atoms with Gasteiger partial charge in [-0.1, -0.05) is 19.7 Å². The molecular weight excluding hydrogens is 318 g/mol. The second-order valence-electron chi connectivity index (χ2n) is 4.42. The van der Waals surface area contributed by atoms with E-state index in [1.165, 1.54) is 18.8 Å². The Kier molecular flexibility index (Phi) is 7.89. The van der Waals surface area contributed by atoms with Gasteiger partial charge in [-0.3, -0.25) is 0 Å². The molecule has 9 nitrogen and oxygen atoms in total. The van der Waals surface area contributed by atoms with Gasteiger partial charge in [-0.05, 0) is 0 Å². The van der Waals surface area contributed by atoms with Crippen LogP contribution in [-0.2, 0) is 33.8 Å². The fraction of sp³-hybridized carbons (Fsp3) is 0.400. The van der Waals surface area contributed by atoms with Crippen molar-refractivity contribution in [2.45, 2.75) is 19.6 Å². The van der Waals surface area contributed by atoms with Crippen LogP contribution in [0.25, 0.3) is 0 Å². The number of rotatable bonds is 12. The molecule has 0 aliphatic rings. The fourth-order valence-electron chi connectivity index (χ4n) is 1.94. The first-order chi connectivity index (χ1) is 11.6. The van der Waals surface area contributed by atoms with E-state index in [0.29, 0.717) is 0 Å². The molecule has 1 aromatic rings. The summed E-state index contributed by atoms with van der Waals surface area (Å²) < 4.78 is 17.6. The summed E-state index contributed by atoms with van der Waals surface area (Å²) in [6.45, 7) is 10.3. The van der Waals surface area contributed by atoms with E-state index in [1.54, 1.807) is 0 Å². The van der Waals surface area contributed by atoms with Gasteiger partial charge in [0.2, 0.25) is 0 Å². The number of hydrogen-bond acceptors (Lipinski definition) is 6. The zero-order valence-corrected chi connectivity index (χ0v) is 13.4. The third kappa shape index (κ3) is 4.77. The summed E-state index contributed by atoms with van der Waals surface area (Å²) in [4.78, 5) is 37.2. The smallest absolute Gasteiger partial charge is 0.336 e. The molecule has 0 aliphatic heterocycles. The highest BCUT2D eigenvalue weighted by atomic mass is 16.5. The normalized spacial score (nSPS) is 10.0. The van der Waals surface area contributed by atoms with Crippen molar-refractivity contribution in [3.8, 4) is 0 Å². The minimum Gasteiger partial charge on any atom is -0.500 e. The van der Waals surface area contributed by atoms with Crippen LogP contribution in [0, 0.1) is 0 Å². The first kappa shape index (κ1) is 19.1. The predicted octanol–water partition coefficient (Wildman–Crippen LogP) is -0.348. The molecule has 0 aromatic carbocycles. The molecule has 1 heterocycles. The monoisotopic (exact) mass is 339 g/mol. The van der Waals surface area contributed by atoms with Crippen LogP contribution in [0.4, 0.5) is 0 Å². The van der Waals surface area contributed by atoms with Gasteiger partial charge in [0.25, 0.3) is 0 Å². The molecule has 0 N–H and O–H groups in total. The Balaban J connectivity index is 3.29. The molecule has 1 aromatic heterocycles. The fourth-order valence-corrected chi connectivity index (χ4v) is 1.94. The quantitative estimate of drug-likeness (QED) is 0.382. The largest absolute Gasteiger partial charge is 0.500 e. The average molecular weight is 339 g/mol. The van der Waals surface area contributed by atoms with Crippen molar-refractivity contribution < 1.29 is 14.2 Å². The number of nitrogens with zero attached hydrogens (tertiary/aromatic N) is 3. The highest BCUT2D eigenvalue weighted by Gasteiger charge is 2.15. The Bertz CT molecular complexity index is 613.